The third kappa shape index (κ3) is 5.53. The smallest absolute Gasteiger partial charge is 0.252 e. The van der Waals surface area contributed by atoms with E-state index in [-0.39, 0.29) is 17.3 Å². The van der Waals surface area contributed by atoms with Gasteiger partial charge in [-0.25, -0.2) is 8.42 Å². The number of para-hydroxylation sites is 1. The number of piperidine rings is 1. The van der Waals surface area contributed by atoms with E-state index < -0.39 is 10.0 Å². The molecule has 3 rings (SSSR count). The number of anilines is 1. The number of benzene rings is 1. The molecule has 7 nitrogen and oxygen atoms in total. The molecule has 0 unspecified atom stereocenters. The second kappa shape index (κ2) is 8.70. The highest BCUT2D eigenvalue weighted by molar-refractivity contribution is 7.92. The van der Waals surface area contributed by atoms with Gasteiger partial charge in [0.25, 0.3) is 5.56 Å². The Morgan fingerprint density at radius 2 is 1.89 bits per heavy atom. The topological polar surface area (TPSA) is 99.3 Å². The first-order chi connectivity index (χ1) is 13.3. The van der Waals surface area contributed by atoms with Crippen molar-refractivity contribution in [2.75, 3.05) is 24.1 Å². The summed E-state index contributed by atoms with van der Waals surface area (Å²) in [5.41, 5.74) is 1.43. The number of carbonyl (C=O) groups excluding carboxylic acids is 1. The van der Waals surface area contributed by atoms with Crippen molar-refractivity contribution in [1.82, 2.24) is 9.88 Å². The van der Waals surface area contributed by atoms with Crippen LogP contribution in [0, 0.1) is 5.92 Å². The molecular weight excluding hydrogens is 378 g/mol. The quantitative estimate of drug-likeness (QED) is 0.691. The van der Waals surface area contributed by atoms with E-state index in [2.05, 4.69) is 14.6 Å². The Morgan fingerprint density at radius 3 is 2.57 bits per heavy atom. The molecule has 8 heteroatoms. The van der Waals surface area contributed by atoms with E-state index in [0.717, 1.165) is 37.8 Å². The van der Waals surface area contributed by atoms with Crippen molar-refractivity contribution < 1.29 is 13.2 Å². The van der Waals surface area contributed by atoms with E-state index in [1.807, 2.05) is 12.1 Å². The number of hydrogen-bond acceptors (Lipinski definition) is 5. The Labute approximate surface area is 164 Å². The van der Waals surface area contributed by atoms with Gasteiger partial charge in [0.1, 0.15) is 0 Å². The SMILES string of the molecule is CS(=O)(=O)Nc1ccccc1C(=O)CC1CCN(Cc2ccc[nH]c2=O)CC1. The van der Waals surface area contributed by atoms with E-state index in [4.69, 9.17) is 0 Å². The lowest BCUT2D eigenvalue weighted by Crippen LogP contribution is -2.35. The highest BCUT2D eigenvalue weighted by Crippen LogP contribution is 2.26. The maximum absolute atomic E-state index is 12.7. The maximum atomic E-state index is 12.7. The minimum atomic E-state index is -3.44. The number of nitrogens with one attached hydrogen (secondary N) is 2. The fraction of sp³-hybridized carbons (Fsp3) is 0.400. The van der Waals surface area contributed by atoms with Crippen LogP contribution in [0.5, 0.6) is 0 Å². The van der Waals surface area contributed by atoms with E-state index in [1.165, 1.54) is 0 Å². The van der Waals surface area contributed by atoms with Crippen LogP contribution in [0.4, 0.5) is 5.69 Å². The van der Waals surface area contributed by atoms with Gasteiger partial charge < -0.3 is 4.98 Å². The second-order valence-corrected chi connectivity index (χ2v) is 9.04. The molecule has 0 amide bonds. The Balaban J connectivity index is 1.57. The number of nitrogens with zero attached hydrogens (tertiary/aromatic N) is 1. The summed E-state index contributed by atoms with van der Waals surface area (Å²) >= 11 is 0. The van der Waals surface area contributed by atoms with Gasteiger partial charge in [-0.2, -0.15) is 0 Å². The molecule has 0 saturated carbocycles. The van der Waals surface area contributed by atoms with Crippen LogP contribution in [0.25, 0.3) is 0 Å². The summed E-state index contributed by atoms with van der Waals surface area (Å²) in [7, 11) is -3.44. The number of carbonyl (C=O) groups is 1. The molecule has 0 atom stereocenters. The van der Waals surface area contributed by atoms with Crippen LogP contribution in [-0.4, -0.2) is 43.4 Å². The summed E-state index contributed by atoms with van der Waals surface area (Å²) < 4.78 is 25.5. The van der Waals surface area contributed by atoms with Crippen LogP contribution in [0.2, 0.25) is 0 Å². The van der Waals surface area contributed by atoms with Crippen molar-refractivity contribution in [3.05, 3.63) is 64.1 Å². The Morgan fingerprint density at radius 1 is 1.18 bits per heavy atom. The second-order valence-electron chi connectivity index (χ2n) is 7.29. The van der Waals surface area contributed by atoms with Crippen molar-refractivity contribution in [2.45, 2.75) is 25.8 Å². The molecular formula is C20H25N3O4S. The van der Waals surface area contributed by atoms with Crippen LogP contribution in [0.15, 0.2) is 47.4 Å². The van der Waals surface area contributed by atoms with Crippen LogP contribution >= 0.6 is 0 Å². The molecule has 1 aliphatic rings. The van der Waals surface area contributed by atoms with Crippen LogP contribution in [-0.2, 0) is 16.6 Å². The monoisotopic (exact) mass is 403 g/mol. The lowest BCUT2D eigenvalue weighted by atomic mass is 9.89. The van der Waals surface area contributed by atoms with Gasteiger partial charge in [0.2, 0.25) is 10.0 Å². The Hall–Kier alpha value is -2.45. The maximum Gasteiger partial charge on any atom is 0.252 e. The Bertz CT molecular complexity index is 992. The molecule has 2 aromatic rings. The number of aromatic amines is 1. The highest BCUT2D eigenvalue weighted by Gasteiger charge is 2.24. The number of Topliss-reactive ketones (excluding diaryl/α,β-unsaturated/α-hetero) is 1. The predicted octanol–water partition coefficient (Wildman–Crippen LogP) is 2.23. The van der Waals surface area contributed by atoms with E-state index in [0.29, 0.717) is 24.2 Å². The van der Waals surface area contributed by atoms with Gasteiger partial charge in [0, 0.05) is 30.3 Å². The summed E-state index contributed by atoms with van der Waals surface area (Å²) in [5.74, 6) is 0.203. The summed E-state index contributed by atoms with van der Waals surface area (Å²) in [5, 5.41) is 0. The number of rotatable bonds is 7. The van der Waals surface area contributed by atoms with Gasteiger partial charge in [-0.15, -0.1) is 0 Å². The third-order valence-corrected chi connectivity index (χ3v) is 5.59. The first-order valence-electron chi connectivity index (χ1n) is 9.31. The zero-order valence-corrected chi connectivity index (χ0v) is 16.7. The molecule has 1 aromatic carbocycles. The average Bonchev–Trinajstić information content (AvgIpc) is 2.64. The molecule has 0 bridgehead atoms. The molecule has 1 saturated heterocycles. The zero-order chi connectivity index (χ0) is 20.1. The van der Waals surface area contributed by atoms with Crippen molar-refractivity contribution in [3.8, 4) is 0 Å². The van der Waals surface area contributed by atoms with Crippen LogP contribution in [0.3, 0.4) is 0 Å². The van der Waals surface area contributed by atoms with Gasteiger partial charge in [-0.05, 0) is 50.0 Å². The first-order valence-corrected chi connectivity index (χ1v) is 11.2. The third-order valence-electron chi connectivity index (χ3n) is 5.00. The van der Waals surface area contributed by atoms with Gasteiger partial charge in [-0.1, -0.05) is 18.2 Å². The minimum absolute atomic E-state index is 0.0512. The lowest BCUT2D eigenvalue weighted by molar-refractivity contribution is 0.0925. The molecule has 28 heavy (non-hydrogen) atoms. The number of hydrogen-bond donors (Lipinski definition) is 2. The molecule has 150 valence electrons. The Kier molecular flexibility index (Phi) is 6.31. The predicted molar refractivity (Wildman–Crippen MR) is 109 cm³/mol. The van der Waals surface area contributed by atoms with Gasteiger partial charge in [0.05, 0.1) is 11.9 Å². The number of pyridine rings is 1. The molecule has 0 spiro atoms. The fourth-order valence-electron chi connectivity index (χ4n) is 3.56. The summed E-state index contributed by atoms with van der Waals surface area (Å²) in [6.07, 6.45) is 4.83. The van der Waals surface area contributed by atoms with Gasteiger partial charge in [0.15, 0.2) is 5.78 Å². The zero-order valence-electron chi connectivity index (χ0n) is 15.8. The number of H-pyrrole nitrogens is 1. The van der Waals surface area contributed by atoms with E-state index in [9.17, 15) is 18.0 Å². The van der Waals surface area contributed by atoms with Crippen LogP contribution in [0.1, 0.15) is 35.2 Å². The van der Waals surface area contributed by atoms with Gasteiger partial charge in [-0.3, -0.25) is 19.2 Å². The van der Waals surface area contributed by atoms with Crippen molar-refractivity contribution in [3.63, 3.8) is 0 Å². The van der Waals surface area contributed by atoms with Crippen molar-refractivity contribution in [2.24, 2.45) is 5.92 Å². The average molecular weight is 404 g/mol. The molecule has 1 aromatic heterocycles. The number of sulfonamides is 1. The van der Waals surface area contributed by atoms with Gasteiger partial charge >= 0.3 is 0 Å². The summed E-state index contributed by atoms with van der Waals surface area (Å²) in [6.45, 7) is 2.27. The molecule has 0 radical (unpaired) electrons. The number of aromatic nitrogens is 1. The lowest BCUT2D eigenvalue weighted by Gasteiger charge is -2.31. The molecule has 1 fully saturated rings. The highest BCUT2D eigenvalue weighted by atomic mass is 32.2. The number of likely N-dealkylation sites (tertiary alicyclic amines) is 1. The van der Waals surface area contributed by atoms with Crippen molar-refractivity contribution in [1.29, 1.82) is 0 Å². The first kappa shape index (κ1) is 20.3. The van der Waals surface area contributed by atoms with Crippen molar-refractivity contribution >= 4 is 21.5 Å². The molecule has 2 N–H and O–H groups in total. The summed E-state index contributed by atoms with van der Waals surface area (Å²) in [4.78, 5) is 29.5. The summed E-state index contributed by atoms with van der Waals surface area (Å²) in [6, 6.07) is 10.4. The normalized spacial score (nSPS) is 16.0. The molecule has 0 aliphatic carbocycles. The molecule has 1 aliphatic heterocycles. The van der Waals surface area contributed by atoms with E-state index >= 15 is 0 Å². The standard InChI is InChI=1S/C20H25N3O4S/c1-28(26,27)22-18-7-3-2-6-17(18)19(24)13-15-8-11-23(12-9-15)14-16-5-4-10-21-20(16)25/h2-7,10,15,22H,8-9,11-14H2,1H3,(H,21,25). The largest absolute Gasteiger partial charge is 0.329 e. The molecule has 2 heterocycles. The minimum Gasteiger partial charge on any atom is -0.329 e. The number of ketones is 1. The van der Waals surface area contributed by atoms with E-state index in [1.54, 1.807) is 30.5 Å². The van der Waals surface area contributed by atoms with Crippen LogP contribution < -0.4 is 10.3 Å². The fourth-order valence-corrected chi connectivity index (χ4v) is 4.14.